The molecule has 21 heavy (non-hydrogen) atoms. The van der Waals surface area contributed by atoms with Crippen molar-refractivity contribution in [3.8, 4) is 0 Å². The third kappa shape index (κ3) is 4.11. The van der Waals surface area contributed by atoms with Gasteiger partial charge in [0.15, 0.2) is 0 Å². The Bertz CT molecular complexity index is 501. The number of amides is 3. The van der Waals surface area contributed by atoms with Crippen molar-refractivity contribution < 1.29 is 14.3 Å². The van der Waals surface area contributed by atoms with E-state index in [0.717, 1.165) is 17.7 Å². The van der Waals surface area contributed by atoms with Crippen molar-refractivity contribution in [2.45, 2.75) is 13.3 Å². The van der Waals surface area contributed by atoms with Crippen LogP contribution >= 0.6 is 0 Å². The summed E-state index contributed by atoms with van der Waals surface area (Å²) in [5, 5.41) is 2.88. The van der Waals surface area contributed by atoms with Crippen LogP contribution in [0.2, 0.25) is 0 Å². The van der Waals surface area contributed by atoms with E-state index < -0.39 is 0 Å². The number of rotatable bonds is 1. The molecule has 1 aliphatic rings. The average Bonchev–Trinajstić information content (AvgIpc) is 2.75. The second-order valence-corrected chi connectivity index (χ2v) is 5.09. The number of carbonyl (C=O) groups excluding carboxylic acids is 2. The van der Waals surface area contributed by atoms with E-state index in [-0.39, 0.29) is 12.1 Å². The molecule has 1 aromatic carbocycles. The van der Waals surface area contributed by atoms with Crippen LogP contribution in [0.5, 0.6) is 0 Å². The van der Waals surface area contributed by atoms with Crippen molar-refractivity contribution >= 4 is 17.8 Å². The van der Waals surface area contributed by atoms with E-state index in [0.29, 0.717) is 26.2 Å². The first-order valence-electron chi connectivity index (χ1n) is 7.05. The lowest BCUT2D eigenvalue weighted by atomic mass is 10.2. The fourth-order valence-corrected chi connectivity index (χ4v) is 2.27. The molecular weight excluding hydrogens is 270 g/mol. The van der Waals surface area contributed by atoms with Gasteiger partial charge < -0.3 is 19.9 Å². The van der Waals surface area contributed by atoms with Crippen LogP contribution in [0.25, 0.3) is 0 Å². The maximum absolute atomic E-state index is 12.2. The van der Waals surface area contributed by atoms with E-state index in [2.05, 4.69) is 5.32 Å². The van der Waals surface area contributed by atoms with Gasteiger partial charge in [0.2, 0.25) is 0 Å². The van der Waals surface area contributed by atoms with E-state index in [1.165, 1.54) is 7.11 Å². The van der Waals surface area contributed by atoms with Gasteiger partial charge in [0.05, 0.1) is 7.11 Å². The highest BCUT2D eigenvalue weighted by molar-refractivity contribution is 5.89. The molecule has 0 unspecified atom stereocenters. The Morgan fingerprint density at radius 1 is 1.05 bits per heavy atom. The predicted octanol–water partition coefficient (Wildman–Crippen LogP) is 2.30. The van der Waals surface area contributed by atoms with Crippen molar-refractivity contribution in [1.82, 2.24) is 9.80 Å². The Morgan fingerprint density at radius 3 is 2.33 bits per heavy atom. The zero-order valence-corrected chi connectivity index (χ0v) is 12.5. The molecule has 0 atom stereocenters. The number of hydrogen-bond donors (Lipinski definition) is 1. The maximum Gasteiger partial charge on any atom is 0.409 e. The van der Waals surface area contributed by atoms with E-state index in [4.69, 9.17) is 4.74 Å². The van der Waals surface area contributed by atoms with Gasteiger partial charge in [-0.1, -0.05) is 17.7 Å². The summed E-state index contributed by atoms with van der Waals surface area (Å²) in [6, 6.07) is 7.54. The molecule has 114 valence electrons. The highest BCUT2D eigenvalue weighted by Gasteiger charge is 2.22. The highest BCUT2D eigenvalue weighted by atomic mass is 16.5. The average molecular weight is 291 g/mol. The Balaban J connectivity index is 1.91. The minimum absolute atomic E-state index is 0.134. The lowest BCUT2D eigenvalue weighted by Gasteiger charge is -2.21. The van der Waals surface area contributed by atoms with Crippen LogP contribution < -0.4 is 5.32 Å². The standard InChI is InChI=1S/C15H21N3O3/c1-12-4-6-13(7-5-12)16-14(19)17-8-3-9-18(11-10-17)15(20)21-2/h4-7H,3,8-11H2,1-2H3,(H,16,19). The summed E-state index contributed by atoms with van der Waals surface area (Å²) in [6.07, 6.45) is 0.409. The van der Waals surface area contributed by atoms with Crippen LogP contribution in [0, 0.1) is 6.92 Å². The Morgan fingerprint density at radius 2 is 1.67 bits per heavy atom. The van der Waals surface area contributed by atoms with Gasteiger partial charge in [-0.2, -0.15) is 0 Å². The highest BCUT2D eigenvalue weighted by Crippen LogP contribution is 2.11. The maximum atomic E-state index is 12.2. The summed E-state index contributed by atoms with van der Waals surface area (Å²) in [5.74, 6) is 0. The normalized spacial score (nSPS) is 15.3. The van der Waals surface area contributed by atoms with E-state index in [1.54, 1.807) is 9.80 Å². The van der Waals surface area contributed by atoms with Gasteiger partial charge in [-0.05, 0) is 25.5 Å². The third-order valence-corrected chi connectivity index (χ3v) is 3.52. The van der Waals surface area contributed by atoms with Gasteiger partial charge in [0.1, 0.15) is 0 Å². The lowest BCUT2D eigenvalue weighted by molar-refractivity contribution is 0.125. The van der Waals surface area contributed by atoms with Crippen LogP contribution in [-0.4, -0.2) is 55.2 Å². The molecule has 3 amide bonds. The molecule has 0 spiro atoms. The number of urea groups is 1. The fourth-order valence-electron chi connectivity index (χ4n) is 2.27. The lowest BCUT2D eigenvalue weighted by Crippen LogP contribution is -2.39. The van der Waals surface area contributed by atoms with E-state index >= 15 is 0 Å². The molecule has 6 nitrogen and oxygen atoms in total. The first kappa shape index (κ1) is 15.2. The molecule has 1 aromatic rings. The topological polar surface area (TPSA) is 61.9 Å². The monoisotopic (exact) mass is 291 g/mol. The van der Waals surface area contributed by atoms with Crippen LogP contribution in [0.1, 0.15) is 12.0 Å². The Hall–Kier alpha value is -2.24. The van der Waals surface area contributed by atoms with Gasteiger partial charge in [0, 0.05) is 31.9 Å². The van der Waals surface area contributed by atoms with E-state index in [1.807, 2.05) is 31.2 Å². The molecule has 1 fully saturated rings. The first-order chi connectivity index (χ1) is 10.1. The summed E-state index contributed by atoms with van der Waals surface area (Å²) in [5.41, 5.74) is 1.93. The number of nitrogens with zero attached hydrogens (tertiary/aromatic N) is 2. The zero-order valence-electron chi connectivity index (χ0n) is 12.5. The molecule has 0 bridgehead atoms. The van der Waals surface area contributed by atoms with Gasteiger partial charge >= 0.3 is 12.1 Å². The Labute approximate surface area is 124 Å². The van der Waals surface area contributed by atoms with Gasteiger partial charge in [-0.25, -0.2) is 9.59 Å². The smallest absolute Gasteiger partial charge is 0.409 e. The van der Waals surface area contributed by atoms with E-state index in [9.17, 15) is 9.59 Å². The summed E-state index contributed by atoms with van der Waals surface area (Å²) < 4.78 is 4.72. The largest absolute Gasteiger partial charge is 0.453 e. The van der Waals surface area contributed by atoms with Crippen molar-refractivity contribution in [3.63, 3.8) is 0 Å². The number of methoxy groups -OCH3 is 1. The summed E-state index contributed by atoms with van der Waals surface area (Å²) >= 11 is 0. The first-order valence-corrected chi connectivity index (χ1v) is 7.05. The summed E-state index contributed by atoms with van der Waals surface area (Å²) in [6.45, 7) is 4.24. The SMILES string of the molecule is COC(=O)N1CCCN(C(=O)Nc2ccc(C)cc2)CC1. The molecule has 1 heterocycles. The number of ether oxygens (including phenoxy) is 1. The Kier molecular flexibility index (Phi) is 5.03. The van der Waals surface area contributed by atoms with Gasteiger partial charge in [-0.15, -0.1) is 0 Å². The van der Waals surface area contributed by atoms with Crippen molar-refractivity contribution in [3.05, 3.63) is 29.8 Å². The zero-order chi connectivity index (χ0) is 15.2. The molecule has 0 saturated carbocycles. The summed E-state index contributed by atoms with van der Waals surface area (Å²) in [7, 11) is 1.37. The molecule has 6 heteroatoms. The second kappa shape index (κ2) is 6.97. The summed E-state index contributed by atoms with van der Waals surface area (Å²) in [4.78, 5) is 27.1. The number of hydrogen-bond acceptors (Lipinski definition) is 3. The second-order valence-electron chi connectivity index (χ2n) is 5.09. The van der Waals surface area contributed by atoms with Crippen LogP contribution in [0.15, 0.2) is 24.3 Å². The fraction of sp³-hybridized carbons (Fsp3) is 0.467. The number of anilines is 1. The molecule has 0 aromatic heterocycles. The number of benzene rings is 1. The predicted molar refractivity (Wildman–Crippen MR) is 80.4 cm³/mol. The van der Waals surface area contributed by atoms with Crippen LogP contribution in [0.4, 0.5) is 15.3 Å². The number of carbonyl (C=O) groups is 2. The van der Waals surface area contributed by atoms with Gasteiger partial charge in [-0.3, -0.25) is 0 Å². The van der Waals surface area contributed by atoms with Crippen molar-refractivity contribution in [2.24, 2.45) is 0 Å². The molecule has 0 aliphatic carbocycles. The minimum atomic E-state index is -0.337. The molecule has 1 saturated heterocycles. The molecule has 2 rings (SSSR count). The van der Waals surface area contributed by atoms with Crippen molar-refractivity contribution in [1.29, 1.82) is 0 Å². The minimum Gasteiger partial charge on any atom is -0.453 e. The van der Waals surface area contributed by atoms with Crippen LogP contribution in [-0.2, 0) is 4.74 Å². The molecule has 1 aliphatic heterocycles. The molecular formula is C15H21N3O3. The third-order valence-electron chi connectivity index (χ3n) is 3.52. The molecule has 1 N–H and O–H groups in total. The van der Waals surface area contributed by atoms with Gasteiger partial charge in [0.25, 0.3) is 0 Å². The number of nitrogens with one attached hydrogen (secondary N) is 1. The number of aryl methyl sites for hydroxylation is 1. The molecule has 0 radical (unpaired) electrons. The van der Waals surface area contributed by atoms with Crippen LogP contribution in [0.3, 0.4) is 0 Å². The van der Waals surface area contributed by atoms with Crippen molar-refractivity contribution in [2.75, 3.05) is 38.6 Å². The quantitative estimate of drug-likeness (QED) is 0.863.